The van der Waals surface area contributed by atoms with E-state index in [4.69, 9.17) is 9.84 Å². The number of rotatable bonds is 7. The molecule has 18 heavy (non-hydrogen) atoms. The number of carboxylic acids is 1. The minimum Gasteiger partial charge on any atom is -0.480 e. The summed E-state index contributed by atoms with van der Waals surface area (Å²) in [7, 11) is -2.47. The first kappa shape index (κ1) is 14.6. The molecule has 1 aromatic heterocycles. The number of ether oxygens (including phenoxy) is 1. The molecule has 0 saturated heterocycles. The van der Waals surface area contributed by atoms with Crippen molar-refractivity contribution < 1.29 is 23.1 Å². The zero-order valence-corrected chi connectivity index (χ0v) is 10.9. The van der Waals surface area contributed by atoms with Gasteiger partial charge in [0.25, 0.3) is 0 Å². The number of nitrogens with zero attached hydrogens (tertiary/aromatic N) is 2. The fraction of sp³-hybridized carbons (Fsp3) is 0.556. The van der Waals surface area contributed by atoms with Crippen LogP contribution in [0.25, 0.3) is 0 Å². The number of nitrogens with one attached hydrogen (secondary N) is 1. The molecule has 0 aliphatic rings. The van der Waals surface area contributed by atoms with Gasteiger partial charge in [-0.1, -0.05) is 0 Å². The Morgan fingerprint density at radius 1 is 1.61 bits per heavy atom. The van der Waals surface area contributed by atoms with Crippen LogP contribution in [0.4, 0.5) is 0 Å². The van der Waals surface area contributed by atoms with Gasteiger partial charge in [-0.3, -0.25) is 9.89 Å². The lowest BCUT2D eigenvalue weighted by Gasteiger charge is -2.19. The van der Waals surface area contributed by atoms with Crippen molar-refractivity contribution in [2.75, 3.05) is 26.8 Å². The third-order valence-electron chi connectivity index (χ3n) is 2.26. The molecule has 0 saturated carbocycles. The summed E-state index contributed by atoms with van der Waals surface area (Å²) in [6, 6.07) is 0. The second-order valence-electron chi connectivity index (χ2n) is 3.58. The van der Waals surface area contributed by atoms with Crippen molar-refractivity contribution in [1.82, 2.24) is 14.5 Å². The number of sulfonamides is 1. The van der Waals surface area contributed by atoms with Crippen LogP contribution in [-0.4, -0.2) is 60.8 Å². The first-order chi connectivity index (χ1) is 8.39. The molecule has 0 aliphatic heterocycles. The van der Waals surface area contributed by atoms with Gasteiger partial charge in [0, 0.05) is 13.7 Å². The Balaban J connectivity index is 3.03. The Labute approximate surface area is 105 Å². The SMILES string of the molecule is COCCN(CC(=O)O)S(=O)(=O)c1cn[nH]c1C. The van der Waals surface area contributed by atoms with Crippen LogP contribution in [0.15, 0.2) is 11.1 Å². The maximum absolute atomic E-state index is 12.2. The Hall–Kier alpha value is -1.45. The fourth-order valence-electron chi connectivity index (χ4n) is 1.37. The van der Waals surface area contributed by atoms with E-state index in [1.165, 1.54) is 7.11 Å². The summed E-state index contributed by atoms with van der Waals surface area (Å²) < 4.78 is 30.0. The monoisotopic (exact) mass is 277 g/mol. The topological polar surface area (TPSA) is 113 Å². The average molecular weight is 277 g/mol. The molecule has 0 amide bonds. The van der Waals surface area contributed by atoms with E-state index in [0.29, 0.717) is 5.69 Å². The van der Waals surface area contributed by atoms with Gasteiger partial charge in [-0.05, 0) is 6.92 Å². The molecule has 2 N–H and O–H groups in total. The molecule has 0 bridgehead atoms. The van der Waals surface area contributed by atoms with Crippen LogP contribution >= 0.6 is 0 Å². The van der Waals surface area contributed by atoms with Gasteiger partial charge in [-0.25, -0.2) is 8.42 Å². The van der Waals surface area contributed by atoms with Crippen LogP contribution in [0, 0.1) is 6.92 Å². The molecule has 0 aromatic carbocycles. The summed E-state index contributed by atoms with van der Waals surface area (Å²) in [6.45, 7) is 1.02. The van der Waals surface area contributed by atoms with Gasteiger partial charge in [-0.15, -0.1) is 0 Å². The third kappa shape index (κ3) is 3.28. The van der Waals surface area contributed by atoms with E-state index in [-0.39, 0.29) is 18.0 Å². The highest BCUT2D eigenvalue weighted by molar-refractivity contribution is 7.89. The van der Waals surface area contributed by atoms with Crippen LogP contribution in [0.3, 0.4) is 0 Å². The average Bonchev–Trinajstić information content (AvgIpc) is 2.70. The lowest BCUT2D eigenvalue weighted by Crippen LogP contribution is -2.38. The molecule has 0 fully saturated rings. The molecule has 102 valence electrons. The van der Waals surface area contributed by atoms with Gasteiger partial charge < -0.3 is 9.84 Å². The van der Waals surface area contributed by atoms with Crippen molar-refractivity contribution in [3.8, 4) is 0 Å². The molecule has 0 atom stereocenters. The molecule has 0 radical (unpaired) electrons. The van der Waals surface area contributed by atoms with Gasteiger partial charge >= 0.3 is 5.97 Å². The van der Waals surface area contributed by atoms with Crippen LogP contribution in [0.5, 0.6) is 0 Å². The number of carbonyl (C=O) groups is 1. The highest BCUT2D eigenvalue weighted by Gasteiger charge is 2.28. The predicted molar refractivity (Wildman–Crippen MR) is 61.6 cm³/mol. The Morgan fingerprint density at radius 3 is 2.72 bits per heavy atom. The summed E-state index contributed by atoms with van der Waals surface area (Å²) >= 11 is 0. The van der Waals surface area contributed by atoms with Crippen molar-refractivity contribution in [3.63, 3.8) is 0 Å². The zero-order valence-electron chi connectivity index (χ0n) is 10.1. The standard InChI is InChI=1S/C9H15N3O5S/c1-7-8(5-10-11-7)18(15,16)12(3-4-17-2)6-9(13)14/h5H,3-4,6H2,1-2H3,(H,10,11)(H,13,14). The van der Waals surface area contributed by atoms with Gasteiger partial charge in [-0.2, -0.15) is 9.40 Å². The smallest absolute Gasteiger partial charge is 0.318 e. The number of carboxylic acid groups (broad SMARTS) is 1. The van der Waals surface area contributed by atoms with E-state index in [9.17, 15) is 13.2 Å². The molecule has 0 unspecified atom stereocenters. The normalized spacial score (nSPS) is 11.9. The molecular formula is C9H15N3O5S. The molecular weight excluding hydrogens is 262 g/mol. The van der Waals surface area contributed by atoms with Crippen molar-refractivity contribution in [1.29, 1.82) is 0 Å². The van der Waals surface area contributed by atoms with E-state index < -0.39 is 22.5 Å². The van der Waals surface area contributed by atoms with Crippen molar-refractivity contribution in [2.24, 2.45) is 0 Å². The van der Waals surface area contributed by atoms with E-state index in [1.54, 1.807) is 6.92 Å². The number of hydrogen-bond acceptors (Lipinski definition) is 5. The van der Waals surface area contributed by atoms with Gasteiger partial charge in [0.1, 0.15) is 11.4 Å². The second-order valence-corrected chi connectivity index (χ2v) is 5.49. The van der Waals surface area contributed by atoms with E-state index >= 15 is 0 Å². The molecule has 1 rings (SSSR count). The lowest BCUT2D eigenvalue weighted by molar-refractivity contribution is -0.137. The van der Waals surface area contributed by atoms with Gasteiger partial charge in [0.05, 0.1) is 18.5 Å². The zero-order chi connectivity index (χ0) is 13.8. The van der Waals surface area contributed by atoms with Gasteiger partial charge in [0.2, 0.25) is 10.0 Å². The summed E-state index contributed by atoms with van der Waals surface area (Å²) in [5.74, 6) is -1.23. The minimum absolute atomic E-state index is 0.0279. The highest BCUT2D eigenvalue weighted by atomic mass is 32.2. The summed E-state index contributed by atoms with van der Waals surface area (Å²) in [6.07, 6.45) is 1.16. The Kier molecular flexibility index (Phi) is 4.82. The Morgan fingerprint density at radius 2 is 2.28 bits per heavy atom. The molecule has 0 spiro atoms. The molecule has 8 nitrogen and oxygen atoms in total. The number of aromatic nitrogens is 2. The largest absolute Gasteiger partial charge is 0.480 e. The Bertz CT molecular complexity index is 510. The maximum atomic E-state index is 12.2. The molecule has 1 heterocycles. The summed E-state index contributed by atoms with van der Waals surface area (Å²) in [5.41, 5.74) is 0.364. The lowest BCUT2D eigenvalue weighted by atomic mass is 10.5. The van der Waals surface area contributed by atoms with Crippen molar-refractivity contribution in [3.05, 3.63) is 11.9 Å². The second kappa shape index (κ2) is 5.94. The third-order valence-corrected chi connectivity index (χ3v) is 4.22. The molecule has 9 heteroatoms. The number of aromatic amines is 1. The fourth-order valence-corrected chi connectivity index (χ4v) is 2.86. The van der Waals surface area contributed by atoms with Crippen molar-refractivity contribution in [2.45, 2.75) is 11.8 Å². The van der Waals surface area contributed by atoms with Crippen LogP contribution < -0.4 is 0 Å². The number of methoxy groups -OCH3 is 1. The van der Waals surface area contributed by atoms with Gasteiger partial charge in [0.15, 0.2) is 0 Å². The number of aryl methyl sites for hydroxylation is 1. The van der Waals surface area contributed by atoms with Crippen LogP contribution in [0.1, 0.15) is 5.69 Å². The quantitative estimate of drug-likeness (QED) is 0.690. The maximum Gasteiger partial charge on any atom is 0.318 e. The van der Waals surface area contributed by atoms with Crippen molar-refractivity contribution >= 4 is 16.0 Å². The number of aliphatic carboxylic acids is 1. The van der Waals surface area contributed by atoms with E-state index in [2.05, 4.69) is 10.2 Å². The summed E-state index contributed by atoms with van der Waals surface area (Å²) in [4.78, 5) is 10.7. The molecule has 1 aromatic rings. The minimum atomic E-state index is -3.88. The van der Waals surface area contributed by atoms with Crippen LogP contribution in [-0.2, 0) is 19.6 Å². The van der Waals surface area contributed by atoms with E-state index in [1.807, 2.05) is 0 Å². The van der Waals surface area contributed by atoms with Crippen LogP contribution in [0.2, 0.25) is 0 Å². The number of hydrogen-bond donors (Lipinski definition) is 2. The number of H-pyrrole nitrogens is 1. The predicted octanol–water partition coefficient (Wildman–Crippen LogP) is -0.560. The first-order valence-corrected chi connectivity index (χ1v) is 6.54. The molecule has 0 aliphatic carbocycles. The summed E-state index contributed by atoms with van der Waals surface area (Å²) in [5, 5.41) is 14.9. The first-order valence-electron chi connectivity index (χ1n) is 5.10. The highest BCUT2D eigenvalue weighted by Crippen LogP contribution is 2.17. The van der Waals surface area contributed by atoms with E-state index in [0.717, 1.165) is 10.5 Å².